The van der Waals surface area contributed by atoms with E-state index in [1.165, 1.54) is 16.9 Å². The molecule has 0 radical (unpaired) electrons. The second-order valence-electron chi connectivity index (χ2n) is 10.7. The molecule has 2 heterocycles. The van der Waals surface area contributed by atoms with Crippen LogP contribution in [0.1, 0.15) is 12.8 Å². The molecule has 188 valence electrons. The Kier molecular flexibility index (Phi) is 4.83. The first-order valence-corrected chi connectivity index (χ1v) is 12.8. The number of benzene rings is 2. The number of carbonyl (C=O) groups is 4. The number of rotatable bonds is 5. The lowest BCUT2D eigenvalue weighted by atomic mass is 9.63. The average molecular weight is 499 g/mol. The monoisotopic (exact) mass is 498 g/mol. The summed E-state index contributed by atoms with van der Waals surface area (Å²) in [4.78, 5) is 55.4. The van der Waals surface area contributed by atoms with E-state index in [2.05, 4.69) is 12.2 Å². The Labute approximate surface area is 213 Å². The first kappa shape index (κ1) is 22.3. The molecule has 0 unspecified atom stereocenters. The van der Waals surface area contributed by atoms with Crippen LogP contribution in [0.4, 0.5) is 11.4 Å². The molecule has 8 heteroatoms. The molecule has 0 aromatic heterocycles. The van der Waals surface area contributed by atoms with Crippen molar-refractivity contribution in [3.05, 3.63) is 60.7 Å². The molecule has 8 rings (SSSR count). The zero-order valence-electron chi connectivity index (χ0n) is 20.3. The lowest BCUT2D eigenvalue weighted by Crippen LogP contribution is -2.40. The minimum atomic E-state index is -0.646. The first-order chi connectivity index (χ1) is 18.0. The van der Waals surface area contributed by atoms with Crippen LogP contribution < -0.4 is 19.3 Å². The van der Waals surface area contributed by atoms with Gasteiger partial charge in [0.1, 0.15) is 11.5 Å². The fraction of sp³-hybridized carbons (Fsp3) is 0.379. The number of imide groups is 1. The van der Waals surface area contributed by atoms with Crippen molar-refractivity contribution >= 4 is 35.1 Å². The summed E-state index contributed by atoms with van der Waals surface area (Å²) >= 11 is 0. The molecule has 6 aliphatic rings. The highest BCUT2D eigenvalue weighted by Crippen LogP contribution is 2.65. The SMILES string of the molecule is COc1ccccc1N1C[C@H](C(=O)Oc2cccc(N3C(=O)[C@@H]4[C@H]5C=C[C@@H]([C@@H]6C[C@@H]56)[C@@H]4C3=O)c2)CC1=O. The number of nitrogens with zero attached hydrogens (tertiary/aromatic N) is 2. The number of allylic oxidation sites excluding steroid dienone is 2. The maximum atomic E-state index is 13.4. The van der Waals surface area contributed by atoms with Gasteiger partial charge in [-0.05, 0) is 54.4 Å². The van der Waals surface area contributed by atoms with Gasteiger partial charge in [0.15, 0.2) is 0 Å². The smallest absolute Gasteiger partial charge is 0.316 e. The number of amides is 3. The molecule has 4 aliphatic carbocycles. The van der Waals surface area contributed by atoms with Gasteiger partial charge in [0.05, 0.1) is 36.2 Å². The summed E-state index contributed by atoms with van der Waals surface area (Å²) in [5, 5.41) is 0. The Bertz CT molecular complexity index is 1350. The van der Waals surface area contributed by atoms with Crippen molar-refractivity contribution in [3.63, 3.8) is 0 Å². The summed E-state index contributed by atoms with van der Waals surface area (Å²) in [7, 11) is 1.53. The van der Waals surface area contributed by atoms with Gasteiger partial charge in [-0.15, -0.1) is 0 Å². The van der Waals surface area contributed by atoms with Gasteiger partial charge in [-0.3, -0.25) is 19.2 Å². The van der Waals surface area contributed by atoms with Crippen LogP contribution in [0.3, 0.4) is 0 Å². The van der Waals surface area contributed by atoms with E-state index in [-0.39, 0.29) is 60.1 Å². The van der Waals surface area contributed by atoms with Crippen LogP contribution in [-0.4, -0.2) is 37.3 Å². The molecule has 2 aromatic rings. The highest BCUT2D eigenvalue weighted by Gasteiger charge is 2.67. The largest absolute Gasteiger partial charge is 0.495 e. The van der Waals surface area contributed by atoms with E-state index in [9.17, 15) is 19.2 Å². The summed E-state index contributed by atoms with van der Waals surface area (Å²) in [5.41, 5.74) is 1.03. The van der Waals surface area contributed by atoms with Crippen molar-refractivity contribution in [2.24, 2.45) is 41.4 Å². The zero-order valence-corrected chi connectivity index (χ0v) is 20.3. The minimum absolute atomic E-state index is 0.0289. The fourth-order valence-electron chi connectivity index (χ4n) is 7.05. The first-order valence-electron chi connectivity index (χ1n) is 12.8. The number of ether oxygens (including phenoxy) is 2. The number of hydrogen-bond acceptors (Lipinski definition) is 6. The Morgan fingerprint density at radius 1 is 0.919 bits per heavy atom. The van der Waals surface area contributed by atoms with Crippen LogP contribution in [0.5, 0.6) is 11.5 Å². The van der Waals surface area contributed by atoms with Gasteiger partial charge >= 0.3 is 5.97 Å². The average Bonchev–Trinajstić information content (AvgIpc) is 3.59. The van der Waals surface area contributed by atoms with E-state index in [1.54, 1.807) is 36.4 Å². The van der Waals surface area contributed by atoms with Gasteiger partial charge in [-0.25, -0.2) is 4.90 Å². The summed E-state index contributed by atoms with van der Waals surface area (Å²) in [6, 6.07) is 13.7. The Morgan fingerprint density at radius 3 is 2.32 bits per heavy atom. The molecule has 2 aliphatic heterocycles. The Balaban J connectivity index is 1.08. The van der Waals surface area contributed by atoms with Crippen LogP contribution in [0.25, 0.3) is 0 Å². The molecule has 2 saturated heterocycles. The number of methoxy groups -OCH3 is 1. The summed E-state index contributed by atoms with van der Waals surface area (Å²) < 4.78 is 11.0. The second-order valence-corrected chi connectivity index (χ2v) is 10.7. The molecular weight excluding hydrogens is 472 g/mol. The molecule has 37 heavy (non-hydrogen) atoms. The molecule has 2 bridgehead atoms. The zero-order chi connectivity index (χ0) is 25.4. The molecule has 2 saturated carbocycles. The van der Waals surface area contributed by atoms with Crippen molar-refractivity contribution in [2.45, 2.75) is 12.8 Å². The molecule has 3 amide bonds. The molecule has 8 nitrogen and oxygen atoms in total. The van der Waals surface area contributed by atoms with Crippen LogP contribution in [0.15, 0.2) is 60.7 Å². The van der Waals surface area contributed by atoms with Crippen LogP contribution in [0, 0.1) is 41.4 Å². The number of esters is 1. The lowest BCUT2D eigenvalue weighted by Gasteiger charge is -2.37. The van der Waals surface area contributed by atoms with Crippen molar-refractivity contribution in [3.8, 4) is 11.5 Å². The van der Waals surface area contributed by atoms with E-state index >= 15 is 0 Å². The number of hydrogen-bond donors (Lipinski definition) is 0. The number of para-hydroxylation sites is 2. The van der Waals surface area contributed by atoms with Gasteiger partial charge in [0.2, 0.25) is 17.7 Å². The van der Waals surface area contributed by atoms with Crippen LogP contribution in [-0.2, 0) is 19.2 Å². The third-order valence-electron chi connectivity index (χ3n) is 8.79. The van der Waals surface area contributed by atoms with Crippen molar-refractivity contribution in [1.29, 1.82) is 0 Å². The van der Waals surface area contributed by atoms with Crippen molar-refractivity contribution in [2.75, 3.05) is 23.5 Å². The maximum absolute atomic E-state index is 13.4. The predicted molar refractivity (Wildman–Crippen MR) is 133 cm³/mol. The maximum Gasteiger partial charge on any atom is 0.316 e. The molecule has 0 N–H and O–H groups in total. The third kappa shape index (κ3) is 3.27. The van der Waals surface area contributed by atoms with Crippen LogP contribution >= 0.6 is 0 Å². The van der Waals surface area contributed by atoms with E-state index in [1.807, 2.05) is 12.1 Å². The minimum Gasteiger partial charge on any atom is -0.495 e. The number of anilines is 2. The van der Waals surface area contributed by atoms with Gasteiger partial charge in [0.25, 0.3) is 0 Å². The third-order valence-corrected chi connectivity index (χ3v) is 8.79. The Hall–Kier alpha value is -3.94. The standard InChI is InChI=1S/C29H26N2O6/c1-36-23-8-3-2-7-22(23)30-14-15(11-24(30)32)29(35)37-17-6-4-5-16(12-17)31-27(33)25-18-9-10-19(21-13-20(18)21)26(25)28(31)34/h2-10,12,15,18-21,25-26H,11,13-14H2,1H3/t15-,18+,19+,20+,21+,25-,26+/m1/s1. The summed E-state index contributed by atoms with van der Waals surface area (Å²) in [5.74, 6) is -0.0941. The molecule has 7 atom stereocenters. The summed E-state index contributed by atoms with van der Waals surface area (Å²) in [6.07, 6.45) is 5.43. The fourth-order valence-corrected chi connectivity index (χ4v) is 7.05. The van der Waals surface area contributed by atoms with E-state index < -0.39 is 11.9 Å². The van der Waals surface area contributed by atoms with E-state index in [0.717, 1.165) is 6.42 Å². The number of carbonyl (C=O) groups excluding carboxylic acids is 4. The van der Waals surface area contributed by atoms with Gasteiger partial charge in [0, 0.05) is 19.0 Å². The van der Waals surface area contributed by atoms with Crippen LogP contribution in [0.2, 0.25) is 0 Å². The van der Waals surface area contributed by atoms with Crippen molar-refractivity contribution < 1.29 is 28.7 Å². The van der Waals surface area contributed by atoms with Crippen molar-refractivity contribution in [1.82, 2.24) is 0 Å². The highest BCUT2D eigenvalue weighted by molar-refractivity contribution is 6.22. The Morgan fingerprint density at radius 2 is 1.62 bits per heavy atom. The molecule has 0 spiro atoms. The normalized spacial score (nSPS) is 33.0. The second kappa shape index (κ2) is 8.03. The topological polar surface area (TPSA) is 93.2 Å². The quantitative estimate of drug-likeness (QED) is 0.272. The highest BCUT2D eigenvalue weighted by atomic mass is 16.5. The van der Waals surface area contributed by atoms with Gasteiger partial charge < -0.3 is 14.4 Å². The lowest BCUT2D eigenvalue weighted by molar-refractivity contribution is -0.139. The van der Waals surface area contributed by atoms with Gasteiger partial charge in [-0.2, -0.15) is 0 Å². The van der Waals surface area contributed by atoms with E-state index in [4.69, 9.17) is 9.47 Å². The molecular formula is C29H26N2O6. The van der Waals surface area contributed by atoms with Gasteiger partial charge in [-0.1, -0.05) is 30.4 Å². The van der Waals surface area contributed by atoms with E-state index in [0.29, 0.717) is 29.0 Å². The molecule has 2 aromatic carbocycles. The predicted octanol–water partition coefficient (Wildman–Crippen LogP) is 3.21. The summed E-state index contributed by atoms with van der Waals surface area (Å²) in [6.45, 7) is 0.183. The molecule has 4 fully saturated rings.